The Morgan fingerprint density at radius 3 is 2.24 bits per heavy atom. The first-order valence-corrected chi connectivity index (χ1v) is 10.8. The second-order valence-corrected chi connectivity index (χ2v) is 8.00. The van der Waals surface area contributed by atoms with Crippen molar-refractivity contribution in [2.24, 2.45) is 0 Å². The Hall–Kier alpha value is -2.89. The van der Waals surface area contributed by atoms with Crippen LogP contribution in [0.5, 0.6) is 23.0 Å². The molecule has 0 spiro atoms. The van der Waals surface area contributed by atoms with Crippen LogP contribution in [0, 0.1) is 0 Å². The van der Waals surface area contributed by atoms with E-state index in [1.807, 2.05) is 6.07 Å². The zero-order valence-corrected chi connectivity index (χ0v) is 19.2. The van der Waals surface area contributed by atoms with Crippen LogP contribution in [0.15, 0.2) is 30.3 Å². The fourth-order valence-electron chi connectivity index (χ4n) is 3.96. The number of aliphatic hydroxyl groups excluding tert-OH is 4. The van der Waals surface area contributed by atoms with E-state index in [2.05, 4.69) is 0 Å². The predicted octanol–water partition coefficient (Wildman–Crippen LogP) is 0.576. The summed E-state index contributed by atoms with van der Waals surface area (Å²) in [6.07, 6.45) is -6.64. The lowest BCUT2D eigenvalue weighted by atomic mass is 9.95. The first-order valence-electron chi connectivity index (χ1n) is 10.8. The lowest BCUT2D eigenvalue weighted by Crippen LogP contribution is -2.60. The van der Waals surface area contributed by atoms with Gasteiger partial charge in [-0.25, -0.2) is 0 Å². The quantitative estimate of drug-likeness (QED) is 0.323. The number of aryl methyl sites for hydroxylation is 1. The Morgan fingerprint density at radius 2 is 1.62 bits per heavy atom. The highest BCUT2D eigenvalue weighted by molar-refractivity contribution is 5.99. The highest BCUT2D eigenvalue weighted by Crippen LogP contribution is 2.35. The second-order valence-electron chi connectivity index (χ2n) is 8.00. The Bertz CT molecular complexity index is 1010. The van der Waals surface area contributed by atoms with Gasteiger partial charge < -0.3 is 44.5 Å². The van der Waals surface area contributed by atoms with Crippen LogP contribution in [0.25, 0.3) is 0 Å². The standard InChI is InChI=1S/C24H30O10/c1-12(26)20-14(6-4-13-5-8-17(31-2)18(10-13)32-3)16(9-7-15(20)27)33-24-23(30)22(29)21(28)19(11-25)34-24/h5,7-10,19,21-25,27-30H,4,6,11H2,1-3H3/t19-,21-,22+,23-,24-/m1/s1. The molecule has 1 fully saturated rings. The van der Waals surface area contributed by atoms with Gasteiger partial charge in [-0.15, -0.1) is 0 Å². The van der Waals surface area contributed by atoms with Crippen molar-refractivity contribution in [1.29, 1.82) is 0 Å². The fourth-order valence-corrected chi connectivity index (χ4v) is 3.96. The van der Waals surface area contributed by atoms with Gasteiger partial charge in [-0.1, -0.05) is 6.07 Å². The van der Waals surface area contributed by atoms with E-state index in [9.17, 15) is 30.3 Å². The molecular weight excluding hydrogens is 448 g/mol. The number of carbonyl (C=O) groups excluding carboxylic acids is 1. The fraction of sp³-hybridized carbons (Fsp3) is 0.458. The Balaban J connectivity index is 1.92. The van der Waals surface area contributed by atoms with Gasteiger partial charge in [0.2, 0.25) is 6.29 Å². The molecule has 0 saturated carbocycles. The summed E-state index contributed by atoms with van der Waals surface area (Å²) in [4.78, 5) is 12.3. The van der Waals surface area contributed by atoms with Crippen molar-refractivity contribution in [3.63, 3.8) is 0 Å². The van der Waals surface area contributed by atoms with Crippen molar-refractivity contribution in [3.05, 3.63) is 47.0 Å². The van der Waals surface area contributed by atoms with Crippen LogP contribution in [0.4, 0.5) is 0 Å². The van der Waals surface area contributed by atoms with E-state index < -0.39 is 37.3 Å². The molecule has 0 aliphatic carbocycles. The van der Waals surface area contributed by atoms with Gasteiger partial charge in [0, 0.05) is 5.56 Å². The minimum atomic E-state index is -1.62. The predicted molar refractivity (Wildman–Crippen MR) is 119 cm³/mol. The van der Waals surface area contributed by atoms with Crippen LogP contribution in [-0.2, 0) is 17.6 Å². The topological polar surface area (TPSA) is 155 Å². The molecule has 0 radical (unpaired) electrons. The number of phenols is 1. The van der Waals surface area contributed by atoms with Crippen molar-refractivity contribution < 1.29 is 49.3 Å². The molecule has 0 amide bonds. The molecule has 2 aromatic rings. The summed E-state index contributed by atoms with van der Waals surface area (Å²) < 4.78 is 21.8. The van der Waals surface area contributed by atoms with E-state index in [0.717, 1.165) is 5.56 Å². The first kappa shape index (κ1) is 25.7. The number of ether oxygens (including phenoxy) is 4. The Labute approximate surface area is 196 Å². The van der Waals surface area contributed by atoms with Crippen LogP contribution in [0.1, 0.15) is 28.4 Å². The average molecular weight is 478 g/mol. The summed E-state index contributed by atoms with van der Waals surface area (Å²) in [5.41, 5.74) is 1.30. The number of carbonyl (C=O) groups is 1. The number of aliphatic hydroxyl groups is 4. The summed E-state index contributed by atoms with van der Waals surface area (Å²) in [6, 6.07) is 8.11. The molecule has 0 unspecified atom stereocenters. The largest absolute Gasteiger partial charge is 0.507 e. The monoisotopic (exact) mass is 478 g/mol. The van der Waals surface area contributed by atoms with Crippen LogP contribution >= 0.6 is 0 Å². The Kier molecular flexibility index (Phi) is 8.34. The minimum absolute atomic E-state index is 0.0579. The maximum absolute atomic E-state index is 12.3. The molecule has 10 nitrogen and oxygen atoms in total. The number of ketones is 1. The van der Waals surface area contributed by atoms with Gasteiger partial charge in [-0.3, -0.25) is 4.79 Å². The number of aromatic hydroxyl groups is 1. The SMILES string of the molecule is COc1ccc(CCc2c(O[C@@H]3O[C@H](CO)[C@@H](O)[C@H](O)[C@H]3O)ccc(O)c2C(C)=O)cc1OC. The van der Waals surface area contributed by atoms with Gasteiger partial charge >= 0.3 is 0 Å². The molecule has 34 heavy (non-hydrogen) atoms. The lowest BCUT2D eigenvalue weighted by molar-refractivity contribution is -0.277. The number of methoxy groups -OCH3 is 2. The third-order valence-electron chi connectivity index (χ3n) is 5.80. The maximum atomic E-state index is 12.3. The lowest BCUT2D eigenvalue weighted by Gasteiger charge is -2.39. The molecule has 0 bridgehead atoms. The van der Waals surface area contributed by atoms with E-state index in [1.54, 1.807) is 12.1 Å². The molecule has 186 valence electrons. The summed E-state index contributed by atoms with van der Waals surface area (Å²) in [5.74, 6) is 0.642. The van der Waals surface area contributed by atoms with Crippen molar-refractivity contribution in [2.45, 2.75) is 50.5 Å². The number of hydrogen-bond donors (Lipinski definition) is 5. The van der Waals surface area contributed by atoms with Crippen molar-refractivity contribution in [3.8, 4) is 23.0 Å². The number of hydrogen-bond acceptors (Lipinski definition) is 10. The number of Topliss-reactive ketones (excluding diaryl/α,β-unsaturated/α-hetero) is 1. The smallest absolute Gasteiger partial charge is 0.229 e. The number of phenolic OH excluding ortho intramolecular Hbond substituents is 1. The molecule has 0 aromatic heterocycles. The maximum Gasteiger partial charge on any atom is 0.229 e. The van der Waals surface area contributed by atoms with Gasteiger partial charge in [0.05, 0.1) is 26.4 Å². The Morgan fingerprint density at radius 1 is 0.941 bits per heavy atom. The molecule has 1 aliphatic rings. The van der Waals surface area contributed by atoms with Crippen molar-refractivity contribution in [1.82, 2.24) is 0 Å². The van der Waals surface area contributed by atoms with Gasteiger partial charge in [0.1, 0.15) is 35.9 Å². The molecule has 1 saturated heterocycles. The highest BCUT2D eigenvalue weighted by atomic mass is 16.7. The van der Waals surface area contributed by atoms with Crippen LogP contribution in [-0.4, -0.2) is 82.8 Å². The number of rotatable bonds is 9. The molecule has 1 heterocycles. The van der Waals surface area contributed by atoms with Gasteiger partial charge in [0.25, 0.3) is 0 Å². The molecule has 5 N–H and O–H groups in total. The van der Waals surface area contributed by atoms with Crippen LogP contribution in [0.3, 0.4) is 0 Å². The van der Waals surface area contributed by atoms with Gasteiger partial charge in [-0.2, -0.15) is 0 Å². The molecule has 2 aromatic carbocycles. The zero-order chi connectivity index (χ0) is 25.0. The van der Waals surface area contributed by atoms with Crippen LogP contribution in [0.2, 0.25) is 0 Å². The summed E-state index contributed by atoms with van der Waals surface area (Å²) in [7, 11) is 3.06. The van der Waals surface area contributed by atoms with Gasteiger partial charge in [-0.05, 0) is 49.6 Å². The third-order valence-corrected chi connectivity index (χ3v) is 5.80. The summed E-state index contributed by atoms with van der Waals surface area (Å²) in [6.45, 7) is 0.706. The van der Waals surface area contributed by atoms with E-state index in [1.165, 1.54) is 33.3 Å². The van der Waals surface area contributed by atoms with E-state index >= 15 is 0 Å². The summed E-state index contributed by atoms with van der Waals surface area (Å²) in [5, 5.41) is 50.2. The van der Waals surface area contributed by atoms with E-state index in [-0.39, 0.29) is 29.3 Å². The van der Waals surface area contributed by atoms with Crippen molar-refractivity contribution >= 4 is 5.78 Å². The molecular formula is C24H30O10. The summed E-state index contributed by atoms with van der Waals surface area (Å²) >= 11 is 0. The molecule has 1 aliphatic heterocycles. The molecule has 3 rings (SSSR count). The second kappa shape index (κ2) is 11.0. The molecule has 5 atom stereocenters. The normalized spacial score (nSPS) is 24.5. The van der Waals surface area contributed by atoms with Crippen LogP contribution < -0.4 is 14.2 Å². The van der Waals surface area contributed by atoms with E-state index in [0.29, 0.717) is 23.5 Å². The third kappa shape index (κ3) is 5.26. The number of benzene rings is 2. The highest BCUT2D eigenvalue weighted by Gasteiger charge is 2.45. The van der Waals surface area contributed by atoms with Gasteiger partial charge in [0.15, 0.2) is 17.3 Å². The molecule has 10 heteroatoms. The van der Waals surface area contributed by atoms with E-state index in [4.69, 9.17) is 18.9 Å². The zero-order valence-electron chi connectivity index (χ0n) is 19.2. The average Bonchev–Trinajstić information content (AvgIpc) is 2.83. The van der Waals surface area contributed by atoms with Crippen molar-refractivity contribution in [2.75, 3.05) is 20.8 Å². The minimum Gasteiger partial charge on any atom is -0.507 e. The first-order chi connectivity index (χ1) is 16.2.